The Labute approximate surface area is 81.7 Å². The molecule has 1 saturated carbocycles. The first-order chi connectivity index (χ1) is 6.33. The van der Waals surface area contributed by atoms with Gasteiger partial charge in [0.25, 0.3) is 0 Å². The van der Waals surface area contributed by atoms with Gasteiger partial charge in [-0.25, -0.2) is 0 Å². The summed E-state index contributed by atoms with van der Waals surface area (Å²) in [5, 5.41) is 10.8. The normalized spacial score (nSPS) is 26.0. The highest BCUT2D eigenvalue weighted by molar-refractivity contribution is 6.16. The molecule has 0 saturated heterocycles. The van der Waals surface area contributed by atoms with Crippen LogP contribution in [0, 0.1) is 5.92 Å². The van der Waals surface area contributed by atoms with Crippen molar-refractivity contribution >= 4 is 17.6 Å². The Bertz CT molecular complexity index is 289. The van der Waals surface area contributed by atoms with Gasteiger partial charge < -0.3 is 9.73 Å². The van der Waals surface area contributed by atoms with E-state index in [1.165, 1.54) is 12.8 Å². The molecule has 13 heavy (non-hydrogen) atoms. The first-order valence-corrected chi connectivity index (χ1v) is 5.01. The third kappa shape index (κ3) is 1.94. The lowest BCUT2D eigenvalue weighted by Crippen LogP contribution is -2.04. The van der Waals surface area contributed by atoms with Crippen molar-refractivity contribution in [1.29, 1.82) is 0 Å². The van der Waals surface area contributed by atoms with Crippen molar-refractivity contribution in [2.45, 2.75) is 31.7 Å². The molecule has 0 bridgehead atoms. The summed E-state index contributed by atoms with van der Waals surface area (Å²) in [6.07, 6.45) is 2.41. The molecule has 72 valence electrons. The third-order valence-corrected chi connectivity index (χ3v) is 2.57. The second-order valence-electron chi connectivity index (χ2n) is 3.29. The molecule has 0 amide bonds. The number of rotatable bonds is 4. The van der Waals surface area contributed by atoms with Crippen LogP contribution in [0.25, 0.3) is 0 Å². The molecule has 2 unspecified atom stereocenters. The lowest BCUT2D eigenvalue weighted by molar-refractivity contribution is 0.523. The van der Waals surface area contributed by atoms with Gasteiger partial charge in [-0.05, 0) is 12.3 Å². The van der Waals surface area contributed by atoms with Crippen LogP contribution in [0.5, 0.6) is 0 Å². The van der Waals surface area contributed by atoms with E-state index in [-0.39, 0.29) is 5.88 Å². The SMILES string of the molecule is CCC1CC1Nc1nnc(CCl)o1. The minimum Gasteiger partial charge on any atom is -0.407 e. The van der Waals surface area contributed by atoms with Crippen LogP contribution in [0.1, 0.15) is 25.7 Å². The number of hydrogen-bond acceptors (Lipinski definition) is 4. The maximum Gasteiger partial charge on any atom is 0.315 e. The maximum atomic E-state index is 5.52. The molecular weight excluding hydrogens is 190 g/mol. The van der Waals surface area contributed by atoms with Crippen LogP contribution in [0.15, 0.2) is 4.42 Å². The molecule has 1 aromatic heterocycles. The largest absolute Gasteiger partial charge is 0.407 e. The highest BCUT2D eigenvalue weighted by Crippen LogP contribution is 2.35. The van der Waals surface area contributed by atoms with Crippen LogP contribution in [0.3, 0.4) is 0 Å². The van der Waals surface area contributed by atoms with Gasteiger partial charge in [-0.15, -0.1) is 16.7 Å². The van der Waals surface area contributed by atoms with Crippen LogP contribution >= 0.6 is 11.6 Å². The Morgan fingerprint density at radius 3 is 3.00 bits per heavy atom. The topological polar surface area (TPSA) is 51.0 Å². The molecule has 1 aliphatic rings. The quantitative estimate of drug-likeness (QED) is 0.758. The van der Waals surface area contributed by atoms with E-state index in [1.54, 1.807) is 0 Å². The molecule has 2 rings (SSSR count). The average molecular weight is 202 g/mol. The predicted molar refractivity (Wildman–Crippen MR) is 49.7 cm³/mol. The van der Waals surface area contributed by atoms with Crippen molar-refractivity contribution in [2.24, 2.45) is 5.92 Å². The number of hydrogen-bond donors (Lipinski definition) is 1. The molecule has 1 aliphatic carbocycles. The Morgan fingerprint density at radius 2 is 2.46 bits per heavy atom. The fourth-order valence-electron chi connectivity index (χ4n) is 1.40. The third-order valence-electron chi connectivity index (χ3n) is 2.34. The lowest BCUT2D eigenvalue weighted by Gasteiger charge is -1.96. The molecule has 0 radical (unpaired) electrons. The van der Waals surface area contributed by atoms with Crippen molar-refractivity contribution in [3.8, 4) is 0 Å². The van der Waals surface area contributed by atoms with Gasteiger partial charge in [-0.2, -0.15) is 0 Å². The lowest BCUT2D eigenvalue weighted by atomic mass is 10.3. The molecule has 1 N–H and O–H groups in total. The summed E-state index contributed by atoms with van der Waals surface area (Å²) in [6, 6.07) is 1.02. The molecule has 5 heteroatoms. The molecular formula is C8H12ClN3O. The molecule has 1 heterocycles. The highest BCUT2D eigenvalue weighted by Gasteiger charge is 2.36. The first kappa shape index (κ1) is 8.81. The van der Waals surface area contributed by atoms with Crippen molar-refractivity contribution in [1.82, 2.24) is 10.2 Å². The van der Waals surface area contributed by atoms with E-state index in [0.29, 0.717) is 17.9 Å². The summed E-state index contributed by atoms with van der Waals surface area (Å²) in [6.45, 7) is 2.18. The fraction of sp³-hybridized carbons (Fsp3) is 0.750. The van der Waals surface area contributed by atoms with Crippen LogP contribution in [-0.2, 0) is 5.88 Å². The van der Waals surface area contributed by atoms with Crippen molar-refractivity contribution in [2.75, 3.05) is 5.32 Å². The van der Waals surface area contributed by atoms with Crippen LogP contribution < -0.4 is 5.32 Å². The van der Waals surface area contributed by atoms with E-state index < -0.39 is 0 Å². The summed E-state index contributed by atoms with van der Waals surface area (Å²) in [5.41, 5.74) is 0. The van der Waals surface area contributed by atoms with Gasteiger partial charge >= 0.3 is 6.01 Å². The predicted octanol–water partition coefficient (Wildman–Crippen LogP) is 2.02. The molecule has 0 aromatic carbocycles. The number of alkyl halides is 1. The summed E-state index contributed by atoms with van der Waals surface area (Å²) in [5.74, 6) is 1.51. The second kappa shape index (κ2) is 3.54. The molecule has 0 spiro atoms. The maximum absolute atomic E-state index is 5.52. The minimum atomic E-state index is 0.274. The van der Waals surface area contributed by atoms with E-state index in [4.69, 9.17) is 16.0 Å². The zero-order chi connectivity index (χ0) is 9.26. The monoisotopic (exact) mass is 201 g/mol. The summed E-state index contributed by atoms with van der Waals surface area (Å²) in [7, 11) is 0. The van der Waals surface area contributed by atoms with Gasteiger partial charge in [0.2, 0.25) is 5.89 Å². The molecule has 1 fully saturated rings. The number of halogens is 1. The number of nitrogens with one attached hydrogen (secondary N) is 1. The Morgan fingerprint density at radius 1 is 1.62 bits per heavy atom. The Balaban J connectivity index is 1.88. The van der Waals surface area contributed by atoms with Gasteiger partial charge in [-0.1, -0.05) is 18.4 Å². The van der Waals surface area contributed by atoms with Gasteiger partial charge in [0, 0.05) is 6.04 Å². The van der Waals surface area contributed by atoms with Crippen LogP contribution in [-0.4, -0.2) is 16.2 Å². The Hall–Kier alpha value is -0.770. The Kier molecular flexibility index (Phi) is 2.40. The molecule has 2 atom stereocenters. The number of nitrogens with zero attached hydrogens (tertiary/aromatic N) is 2. The first-order valence-electron chi connectivity index (χ1n) is 4.48. The van der Waals surface area contributed by atoms with Crippen LogP contribution in [0.4, 0.5) is 6.01 Å². The van der Waals surface area contributed by atoms with Crippen molar-refractivity contribution < 1.29 is 4.42 Å². The fourth-order valence-corrected chi connectivity index (χ4v) is 1.51. The van der Waals surface area contributed by atoms with Crippen LogP contribution in [0.2, 0.25) is 0 Å². The van der Waals surface area contributed by atoms with E-state index in [0.717, 1.165) is 5.92 Å². The summed E-state index contributed by atoms with van der Waals surface area (Å²) in [4.78, 5) is 0. The van der Waals surface area contributed by atoms with Crippen molar-refractivity contribution in [3.05, 3.63) is 5.89 Å². The molecule has 4 nitrogen and oxygen atoms in total. The van der Waals surface area contributed by atoms with E-state index >= 15 is 0 Å². The highest BCUT2D eigenvalue weighted by atomic mass is 35.5. The summed E-state index contributed by atoms with van der Waals surface area (Å²) >= 11 is 5.52. The average Bonchev–Trinajstić information content (AvgIpc) is 2.73. The number of anilines is 1. The summed E-state index contributed by atoms with van der Waals surface area (Å²) < 4.78 is 5.21. The smallest absolute Gasteiger partial charge is 0.315 e. The zero-order valence-corrected chi connectivity index (χ0v) is 8.21. The van der Waals surface area contributed by atoms with Crippen molar-refractivity contribution in [3.63, 3.8) is 0 Å². The zero-order valence-electron chi connectivity index (χ0n) is 7.46. The van der Waals surface area contributed by atoms with Gasteiger partial charge in [0.1, 0.15) is 5.88 Å². The van der Waals surface area contributed by atoms with E-state index in [9.17, 15) is 0 Å². The van der Waals surface area contributed by atoms with E-state index in [2.05, 4.69) is 22.4 Å². The minimum absolute atomic E-state index is 0.274. The molecule has 1 aromatic rings. The number of aromatic nitrogens is 2. The standard InChI is InChI=1S/C8H12ClN3O/c1-2-5-3-6(5)10-8-12-11-7(4-9)13-8/h5-6H,2-4H2,1H3,(H,10,12). The van der Waals surface area contributed by atoms with Gasteiger partial charge in [0.05, 0.1) is 0 Å². The van der Waals surface area contributed by atoms with Gasteiger partial charge in [0.15, 0.2) is 0 Å². The van der Waals surface area contributed by atoms with Gasteiger partial charge in [-0.3, -0.25) is 0 Å². The molecule has 0 aliphatic heterocycles. The van der Waals surface area contributed by atoms with E-state index in [1.807, 2.05) is 0 Å². The second-order valence-corrected chi connectivity index (χ2v) is 3.56.